The number of unbranched alkanes of at least 4 members (excludes halogenated alkanes) is 5. The molecule has 0 fully saturated rings. The highest BCUT2D eigenvalue weighted by Crippen LogP contribution is 2.25. The first-order valence-electron chi connectivity index (χ1n) is 7.66. The fraction of sp³-hybridized carbons (Fsp3) is 0.529. The van der Waals surface area contributed by atoms with E-state index in [4.69, 9.17) is 10.2 Å². The Kier molecular flexibility index (Phi) is 5.60. The van der Waals surface area contributed by atoms with Gasteiger partial charge in [-0.1, -0.05) is 45.1 Å². The van der Waals surface area contributed by atoms with Crippen LogP contribution in [-0.2, 0) is 13.0 Å². The van der Waals surface area contributed by atoms with Crippen LogP contribution in [0.25, 0.3) is 11.0 Å². The third-order valence-electron chi connectivity index (χ3n) is 3.76. The van der Waals surface area contributed by atoms with Crippen molar-refractivity contribution in [3.05, 3.63) is 35.3 Å². The van der Waals surface area contributed by atoms with Gasteiger partial charge in [0.2, 0.25) is 0 Å². The molecule has 0 radical (unpaired) electrons. The van der Waals surface area contributed by atoms with Crippen LogP contribution in [0.2, 0.25) is 0 Å². The topological polar surface area (TPSA) is 39.2 Å². The highest BCUT2D eigenvalue weighted by atomic mass is 19.1. The van der Waals surface area contributed by atoms with E-state index in [1.165, 1.54) is 32.1 Å². The zero-order chi connectivity index (χ0) is 14.4. The molecule has 0 aliphatic rings. The number of aryl methyl sites for hydroxylation is 1. The maximum absolute atomic E-state index is 14.1. The Labute approximate surface area is 120 Å². The van der Waals surface area contributed by atoms with Gasteiger partial charge in [-0.15, -0.1) is 0 Å². The van der Waals surface area contributed by atoms with Crippen molar-refractivity contribution >= 4 is 11.0 Å². The highest BCUT2D eigenvalue weighted by molar-refractivity contribution is 5.79. The monoisotopic (exact) mass is 277 g/mol. The molecule has 1 aromatic carbocycles. The van der Waals surface area contributed by atoms with E-state index in [0.29, 0.717) is 16.5 Å². The zero-order valence-electron chi connectivity index (χ0n) is 12.3. The average molecular weight is 277 g/mol. The van der Waals surface area contributed by atoms with E-state index in [-0.39, 0.29) is 12.4 Å². The molecule has 2 aromatic rings. The van der Waals surface area contributed by atoms with E-state index in [1.54, 1.807) is 6.07 Å². The van der Waals surface area contributed by atoms with Crippen LogP contribution in [0.4, 0.5) is 4.39 Å². The fourth-order valence-corrected chi connectivity index (χ4v) is 2.54. The standard InChI is InChI=1S/C17H24FNO/c1-2-3-4-5-6-7-8-14-11-15-16(20-14)10-9-13(12-19)17(15)18/h9-11H,2-8,12,19H2,1H3. The number of furan rings is 1. The normalized spacial score (nSPS) is 11.3. The van der Waals surface area contributed by atoms with Crippen LogP contribution in [0.1, 0.15) is 56.8 Å². The van der Waals surface area contributed by atoms with Gasteiger partial charge in [0.15, 0.2) is 0 Å². The third kappa shape index (κ3) is 3.60. The number of halogens is 1. The minimum atomic E-state index is -0.233. The van der Waals surface area contributed by atoms with Crippen LogP contribution >= 0.6 is 0 Å². The molecular weight excluding hydrogens is 253 g/mol. The minimum Gasteiger partial charge on any atom is -0.461 e. The van der Waals surface area contributed by atoms with E-state index in [9.17, 15) is 4.39 Å². The third-order valence-corrected chi connectivity index (χ3v) is 3.76. The molecule has 3 heteroatoms. The first-order valence-corrected chi connectivity index (χ1v) is 7.66. The van der Waals surface area contributed by atoms with Gasteiger partial charge in [-0.3, -0.25) is 0 Å². The van der Waals surface area contributed by atoms with Gasteiger partial charge in [-0.2, -0.15) is 0 Å². The largest absolute Gasteiger partial charge is 0.461 e. The summed E-state index contributed by atoms with van der Waals surface area (Å²) in [6.07, 6.45) is 8.38. The summed E-state index contributed by atoms with van der Waals surface area (Å²) >= 11 is 0. The van der Waals surface area contributed by atoms with Gasteiger partial charge in [0.05, 0.1) is 5.39 Å². The predicted molar refractivity (Wildman–Crippen MR) is 81.1 cm³/mol. The second-order valence-corrected chi connectivity index (χ2v) is 5.39. The summed E-state index contributed by atoms with van der Waals surface area (Å²) in [4.78, 5) is 0. The molecule has 110 valence electrons. The molecule has 0 aliphatic carbocycles. The molecule has 2 N–H and O–H groups in total. The number of hydrogen-bond donors (Lipinski definition) is 1. The van der Waals surface area contributed by atoms with Gasteiger partial charge in [-0.05, 0) is 18.6 Å². The van der Waals surface area contributed by atoms with E-state index in [2.05, 4.69) is 6.92 Å². The van der Waals surface area contributed by atoms with Crippen LogP contribution in [0.5, 0.6) is 0 Å². The molecule has 0 atom stereocenters. The first kappa shape index (κ1) is 15.0. The van der Waals surface area contributed by atoms with Gasteiger partial charge in [0.1, 0.15) is 17.2 Å². The molecule has 2 rings (SSSR count). The maximum atomic E-state index is 14.1. The molecule has 0 amide bonds. The number of rotatable bonds is 8. The number of fused-ring (bicyclic) bond motifs is 1. The smallest absolute Gasteiger partial charge is 0.138 e. The number of nitrogens with two attached hydrogens (primary N) is 1. The Balaban J connectivity index is 1.93. The molecule has 0 spiro atoms. The van der Waals surface area contributed by atoms with Gasteiger partial charge in [0, 0.05) is 18.5 Å². The van der Waals surface area contributed by atoms with Gasteiger partial charge < -0.3 is 10.2 Å². The van der Waals surface area contributed by atoms with Crippen LogP contribution in [0, 0.1) is 5.82 Å². The van der Waals surface area contributed by atoms with E-state index < -0.39 is 0 Å². The predicted octanol–water partition coefficient (Wildman–Crippen LogP) is 4.93. The van der Waals surface area contributed by atoms with Crippen LogP contribution in [0.15, 0.2) is 22.6 Å². The molecule has 0 saturated carbocycles. The lowest BCUT2D eigenvalue weighted by atomic mass is 10.1. The molecule has 2 nitrogen and oxygen atoms in total. The van der Waals surface area contributed by atoms with E-state index >= 15 is 0 Å². The van der Waals surface area contributed by atoms with Gasteiger partial charge in [-0.25, -0.2) is 4.39 Å². The molecule has 0 aliphatic heterocycles. The molecule has 20 heavy (non-hydrogen) atoms. The van der Waals surface area contributed by atoms with Crippen molar-refractivity contribution in [3.63, 3.8) is 0 Å². The first-order chi connectivity index (χ1) is 9.76. The quantitative estimate of drug-likeness (QED) is 0.694. The van der Waals surface area contributed by atoms with Crippen molar-refractivity contribution in [1.82, 2.24) is 0 Å². The maximum Gasteiger partial charge on any atom is 0.138 e. The summed E-state index contributed by atoms with van der Waals surface area (Å²) < 4.78 is 19.8. The summed E-state index contributed by atoms with van der Waals surface area (Å²) in [5, 5.41) is 0.564. The second kappa shape index (κ2) is 7.44. The molecule has 0 unspecified atom stereocenters. The summed E-state index contributed by atoms with van der Waals surface area (Å²) in [5.41, 5.74) is 6.69. The van der Waals surface area contributed by atoms with Gasteiger partial charge in [0.25, 0.3) is 0 Å². The summed E-state index contributed by atoms with van der Waals surface area (Å²) in [7, 11) is 0. The lowest BCUT2D eigenvalue weighted by molar-refractivity contribution is 0.521. The molecule has 1 heterocycles. The Morgan fingerprint density at radius 1 is 1.10 bits per heavy atom. The zero-order valence-corrected chi connectivity index (χ0v) is 12.3. The Morgan fingerprint density at radius 2 is 1.85 bits per heavy atom. The van der Waals surface area contributed by atoms with Crippen LogP contribution < -0.4 is 5.73 Å². The summed E-state index contributed by atoms with van der Waals surface area (Å²) in [6, 6.07) is 5.34. The average Bonchev–Trinajstić information content (AvgIpc) is 2.87. The van der Waals surface area contributed by atoms with Crippen molar-refractivity contribution < 1.29 is 8.81 Å². The van der Waals surface area contributed by atoms with Crippen molar-refractivity contribution in [2.75, 3.05) is 0 Å². The molecule has 0 saturated heterocycles. The van der Waals surface area contributed by atoms with Crippen molar-refractivity contribution in [2.24, 2.45) is 5.73 Å². The van der Waals surface area contributed by atoms with Gasteiger partial charge >= 0.3 is 0 Å². The summed E-state index contributed by atoms with van der Waals surface area (Å²) in [6.45, 7) is 2.44. The minimum absolute atomic E-state index is 0.222. The Bertz CT molecular complexity index is 547. The molecule has 0 bridgehead atoms. The Morgan fingerprint density at radius 3 is 2.60 bits per heavy atom. The van der Waals surface area contributed by atoms with Crippen molar-refractivity contribution in [3.8, 4) is 0 Å². The van der Waals surface area contributed by atoms with Crippen molar-refractivity contribution in [2.45, 2.75) is 58.4 Å². The molecule has 1 aromatic heterocycles. The summed E-state index contributed by atoms with van der Waals surface area (Å²) in [5.74, 6) is 0.645. The second-order valence-electron chi connectivity index (χ2n) is 5.39. The lowest BCUT2D eigenvalue weighted by Crippen LogP contribution is -1.99. The number of benzene rings is 1. The Hall–Kier alpha value is -1.35. The SMILES string of the molecule is CCCCCCCCc1cc2c(F)c(CN)ccc2o1. The van der Waals surface area contributed by atoms with Crippen LogP contribution in [-0.4, -0.2) is 0 Å². The van der Waals surface area contributed by atoms with E-state index in [1.807, 2.05) is 12.1 Å². The number of hydrogen-bond acceptors (Lipinski definition) is 2. The fourth-order valence-electron chi connectivity index (χ4n) is 2.54. The highest BCUT2D eigenvalue weighted by Gasteiger charge is 2.11. The van der Waals surface area contributed by atoms with Crippen molar-refractivity contribution in [1.29, 1.82) is 0 Å². The lowest BCUT2D eigenvalue weighted by Gasteiger charge is -1.98. The molecular formula is C17H24FNO. The van der Waals surface area contributed by atoms with E-state index in [0.717, 1.165) is 18.6 Å². The van der Waals surface area contributed by atoms with Crippen LogP contribution in [0.3, 0.4) is 0 Å².